The minimum Gasteiger partial charge on any atom is -0.481 e. The van der Waals surface area contributed by atoms with Gasteiger partial charge in [-0.1, -0.05) is 32.0 Å². The molecule has 0 saturated heterocycles. The van der Waals surface area contributed by atoms with E-state index in [9.17, 15) is 9.59 Å². The Hall–Kier alpha value is -1.84. The van der Waals surface area contributed by atoms with Gasteiger partial charge < -0.3 is 10.4 Å². The van der Waals surface area contributed by atoms with Crippen LogP contribution in [0.25, 0.3) is 0 Å². The van der Waals surface area contributed by atoms with Crippen molar-refractivity contribution in [2.24, 2.45) is 0 Å². The van der Waals surface area contributed by atoms with Crippen LogP contribution in [0.4, 0.5) is 5.69 Å². The highest BCUT2D eigenvalue weighted by atomic mass is 16.4. The van der Waals surface area contributed by atoms with Crippen molar-refractivity contribution in [3.05, 3.63) is 29.3 Å². The summed E-state index contributed by atoms with van der Waals surface area (Å²) in [6, 6.07) is 6.07. The molecule has 0 spiro atoms. The molecule has 0 unspecified atom stereocenters. The summed E-state index contributed by atoms with van der Waals surface area (Å²) in [5.41, 5.74) is 3.22. The number of carboxylic acid groups (broad SMARTS) is 1. The Morgan fingerprint density at radius 1 is 1.05 bits per heavy atom. The molecule has 0 aliphatic heterocycles. The minimum absolute atomic E-state index is 0.0361. The van der Waals surface area contributed by atoms with E-state index in [-0.39, 0.29) is 12.3 Å². The highest BCUT2D eigenvalue weighted by molar-refractivity contribution is 5.92. The molecule has 1 aromatic rings. The molecule has 2 N–H and O–H groups in total. The van der Waals surface area contributed by atoms with Gasteiger partial charge in [0, 0.05) is 18.5 Å². The van der Waals surface area contributed by atoms with Crippen LogP contribution in [-0.4, -0.2) is 17.0 Å². The van der Waals surface area contributed by atoms with E-state index in [1.54, 1.807) is 0 Å². The molecule has 0 heterocycles. The molecule has 0 aliphatic rings. The van der Waals surface area contributed by atoms with Gasteiger partial charge in [-0.25, -0.2) is 0 Å². The maximum absolute atomic E-state index is 11.9. The van der Waals surface area contributed by atoms with Crippen LogP contribution in [-0.2, 0) is 22.4 Å². The topological polar surface area (TPSA) is 66.4 Å². The first-order valence-corrected chi connectivity index (χ1v) is 7.20. The first kappa shape index (κ1) is 16.2. The van der Waals surface area contributed by atoms with Gasteiger partial charge in [-0.05, 0) is 36.8 Å². The first-order valence-electron chi connectivity index (χ1n) is 7.20. The third-order valence-corrected chi connectivity index (χ3v) is 3.31. The monoisotopic (exact) mass is 277 g/mol. The van der Waals surface area contributed by atoms with Crippen molar-refractivity contribution >= 4 is 17.6 Å². The van der Waals surface area contributed by atoms with Gasteiger partial charge in [-0.15, -0.1) is 0 Å². The summed E-state index contributed by atoms with van der Waals surface area (Å²) in [6.07, 6.45) is 3.39. The van der Waals surface area contributed by atoms with E-state index in [0.717, 1.165) is 29.7 Å². The number of nitrogens with one attached hydrogen (secondary N) is 1. The van der Waals surface area contributed by atoms with Gasteiger partial charge >= 0.3 is 5.97 Å². The largest absolute Gasteiger partial charge is 0.481 e. The molecular formula is C16H23NO3. The van der Waals surface area contributed by atoms with Crippen LogP contribution in [0.1, 0.15) is 50.7 Å². The van der Waals surface area contributed by atoms with Crippen LogP contribution in [0.5, 0.6) is 0 Å². The number of hydrogen-bond donors (Lipinski definition) is 2. The molecule has 0 aromatic heterocycles. The van der Waals surface area contributed by atoms with Crippen LogP contribution >= 0.6 is 0 Å². The van der Waals surface area contributed by atoms with Crippen molar-refractivity contribution in [3.63, 3.8) is 0 Å². The molecule has 0 radical (unpaired) electrons. The molecule has 4 nitrogen and oxygen atoms in total. The Balaban J connectivity index is 2.59. The maximum Gasteiger partial charge on any atom is 0.303 e. The Morgan fingerprint density at radius 2 is 1.60 bits per heavy atom. The number of para-hydroxylation sites is 1. The van der Waals surface area contributed by atoms with Gasteiger partial charge in [0.05, 0.1) is 0 Å². The molecule has 0 aliphatic carbocycles. The lowest BCUT2D eigenvalue weighted by Crippen LogP contribution is -2.14. The molecular weight excluding hydrogens is 254 g/mol. The van der Waals surface area contributed by atoms with E-state index in [4.69, 9.17) is 5.11 Å². The summed E-state index contributed by atoms with van der Waals surface area (Å²) in [7, 11) is 0. The third kappa shape index (κ3) is 5.03. The number of carbonyl (C=O) groups is 2. The number of benzene rings is 1. The van der Waals surface area contributed by atoms with Crippen LogP contribution in [0.3, 0.4) is 0 Å². The zero-order chi connectivity index (χ0) is 15.0. The standard InChI is InChI=1S/C16H23NO3/c1-3-12-8-7-9-13(4-2)16(12)17-14(18)10-5-6-11-15(19)20/h7-9H,3-6,10-11H2,1-2H3,(H,17,18)(H,19,20). The fraction of sp³-hybridized carbons (Fsp3) is 0.500. The summed E-state index contributed by atoms with van der Waals surface area (Å²) in [6.45, 7) is 4.13. The van der Waals surface area contributed by atoms with E-state index in [1.807, 2.05) is 18.2 Å². The number of aliphatic carboxylic acids is 1. The fourth-order valence-corrected chi connectivity index (χ4v) is 2.17. The van der Waals surface area contributed by atoms with E-state index in [0.29, 0.717) is 19.3 Å². The van der Waals surface area contributed by atoms with Crippen molar-refractivity contribution in [2.75, 3.05) is 5.32 Å². The molecule has 0 atom stereocenters. The zero-order valence-electron chi connectivity index (χ0n) is 12.2. The van der Waals surface area contributed by atoms with Gasteiger partial charge in [0.15, 0.2) is 0 Å². The van der Waals surface area contributed by atoms with E-state index < -0.39 is 5.97 Å². The first-order chi connectivity index (χ1) is 9.58. The number of amides is 1. The second-order valence-corrected chi connectivity index (χ2v) is 4.81. The second-order valence-electron chi connectivity index (χ2n) is 4.81. The predicted molar refractivity (Wildman–Crippen MR) is 79.9 cm³/mol. The maximum atomic E-state index is 11.9. The molecule has 1 amide bonds. The molecule has 0 bridgehead atoms. The lowest BCUT2D eigenvalue weighted by molar-refractivity contribution is -0.137. The Labute approximate surface area is 120 Å². The fourth-order valence-electron chi connectivity index (χ4n) is 2.17. The predicted octanol–water partition coefficient (Wildman–Crippen LogP) is 3.39. The van der Waals surface area contributed by atoms with Crippen molar-refractivity contribution in [2.45, 2.75) is 52.4 Å². The summed E-state index contributed by atoms with van der Waals surface area (Å²) in [5, 5.41) is 11.5. The lowest BCUT2D eigenvalue weighted by Gasteiger charge is -2.14. The summed E-state index contributed by atoms with van der Waals surface area (Å²) >= 11 is 0. The van der Waals surface area contributed by atoms with E-state index in [2.05, 4.69) is 19.2 Å². The smallest absolute Gasteiger partial charge is 0.303 e. The average molecular weight is 277 g/mol. The van der Waals surface area contributed by atoms with E-state index >= 15 is 0 Å². The van der Waals surface area contributed by atoms with Gasteiger partial charge in [-0.3, -0.25) is 9.59 Å². The SMILES string of the molecule is CCc1cccc(CC)c1NC(=O)CCCCC(=O)O. The minimum atomic E-state index is -0.810. The highest BCUT2D eigenvalue weighted by Crippen LogP contribution is 2.22. The second kappa shape index (κ2) is 8.35. The third-order valence-electron chi connectivity index (χ3n) is 3.31. The van der Waals surface area contributed by atoms with E-state index in [1.165, 1.54) is 0 Å². The van der Waals surface area contributed by atoms with Gasteiger partial charge in [0.1, 0.15) is 0 Å². The number of carbonyl (C=O) groups excluding carboxylic acids is 1. The van der Waals surface area contributed by atoms with Gasteiger partial charge in [0.25, 0.3) is 0 Å². The Kier molecular flexibility index (Phi) is 6.77. The molecule has 0 saturated carbocycles. The number of unbranched alkanes of at least 4 members (excludes halogenated alkanes) is 1. The number of anilines is 1. The van der Waals surface area contributed by atoms with Gasteiger partial charge in [-0.2, -0.15) is 0 Å². The summed E-state index contributed by atoms with van der Waals surface area (Å²) < 4.78 is 0. The number of carboxylic acids is 1. The lowest BCUT2D eigenvalue weighted by atomic mass is 10.0. The van der Waals surface area contributed by atoms with Crippen LogP contribution in [0.15, 0.2) is 18.2 Å². The molecule has 1 aromatic carbocycles. The van der Waals surface area contributed by atoms with Crippen LogP contribution in [0.2, 0.25) is 0 Å². The summed E-state index contributed by atoms with van der Waals surface area (Å²) in [4.78, 5) is 22.3. The van der Waals surface area contributed by atoms with Crippen LogP contribution in [0, 0.1) is 0 Å². The Morgan fingerprint density at radius 3 is 2.10 bits per heavy atom. The Bertz CT molecular complexity index is 447. The number of hydrogen-bond acceptors (Lipinski definition) is 2. The number of aryl methyl sites for hydroxylation is 2. The molecule has 0 fully saturated rings. The number of rotatable bonds is 8. The van der Waals surface area contributed by atoms with Crippen molar-refractivity contribution < 1.29 is 14.7 Å². The molecule has 1 rings (SSSR count). The quantitative estimate of drug-likeness (QED) is 0.716. The summed E-state index contributed by atoms with van der Waals surface area (Å²) in [5.74, 6) is -0.846. The highest BCUT2D eigenvalue weighted by Gasteiger charge is 2.10. The van der Waals surface area contributed by atoms with Crippen molar-refractivity contribution in [1.82, 2.24) is 0 Å². The van der Waals surface area contributed by atoms with Gasteiger partial charge in [0.2, 0.25) is 5.91 Å². The van der Waals surface area contributed by atoms with Crippen LogP contribution < -0.4 is 5.32 Å². The van der Waals surface area contributed by atoms with Crippen molar-refractivity contribution in [1.29, 1.82) is 0 Å². The van der Waals surface area contributed by atoms with Crippen molar-refractivity contribution in [3.8, 4) is 0 Å². The molecule has 110 valence electrons. The zero-order valence-corrected chi connectivity index (χ0v) is 12.2. The molecule has 4 heteroatoms. The average Bonchev–Trinajstić information content (AvgIpc) is 2.43. The molecule has 20 heavy (non-hydrogen) atoms. The normalized spacial score (nSPS) is 10.3.